The topological polar surface area (TPSA) is 145 Å². The molecule has 8 N–H and O–H groups in total. The Morgan fingerprint density at radius 1 is 0.750 bits per heavy atom. The fraction of sp³-hybridized carbons (Fsp3) is 0.321. The summed E-state index contributed by atoms with van der Waals surface area (Å²) in [4.78, 5) is 0. The summed E-state index contributed by atoms with van der Waals surface area (Å²) in [5.41, 5.74) is 17.9. The fourth-order valence-corrected chi connectivity index (χ4v) is 11.1. The van der Waals surface area contributed by atoms with E-state index in [0.29, 0.717) is 27.8 Å². The molecule has 5 aromatic rings. The van der Waals surface area contributed by atoms with Gasteiger partial charge in [-0.1, -0.05) is 101 Å². The molecule has 0 amide bonds. The monoisotopic (exact) mass is 858 g/mol. The van der Waals surface area contributed by atoms with Crippen molar-refractivity contribution in [3.05, 3.63) is 134 Å². The Morgan fingerprint density at radius 3 is 2.09 bits per heavy atom. The largest absolute Gasteiger partial charge is 0.507 e. The number of allylic oxidation sites excluding steroid dienone is 5. The zero-order chi connectivity index (χ0) is 46.9. The second-order valence-electron chi connectivity index (χ2n) is 18.8. The van der Waals surface area contributed by atoms with Crippen LogP contribution in [0.15, 0.2) is 72.3 Å². The number of hydrogen-bond acceptors (Lipinski definition) is 8. The van der Waals surface area contributed by atoms with E-state index >= 15 is 0 Å². The third kappa shape index (κ3) is 6.89. The highest BCUT2D eigenvalue weighted by Crippen LogP contribution is 2.62. The first kappa shape index (κ1) is 45.5. The van der Waals surface area contributed by atoms with Gasteiger partial charge in [-0.3, -0.25) is 5.32 Å². The van der Waals surface area contributed by atoms with Crippen LogP contribution >= 0.6 is 0 Å². The lowest BCUT2D eigenvalue weighted by Gasteiger charge is -2.29. The molecule has 0 saturated heterocycles. The maximum absolute atomic E-state index is 11.5. The molecule has 0 heterocycles. The van der Waals surface area contributed by atoms with Gasteiger partial charge in [-0.2, -0.15) is 0 Å². The highest BCUT2D eigenvalue weighted by atomic mass is 16.3. The maximum Gasteiger partial charge on any atom is 0.200 e. The van der Waals surface area contributed by atoms with Crippen LogP contribution < -0.4 is 10.6 Å². The van der Waals surface area contributed by atoms with Gasteiger partial charge in [-0.25, -0.2) is 0 Å². The van der Waals surface area contributed by atoms with E-state index in [4.69, 9.17) is 0 Å². The number of phenols is 6. The summed E-state index contributed by atoms with van der Waals surface area (Å²) in [7, 11) is 0. The first-order chi connectivity index (χ1) is 30.2. The number of phenolic OH excluding ortho intramolecular Hbond substituents is 6. The van der Waals surface area contributed by atoms with Gasteiger partial charge in [-0.05, 0) is 128 Å². The molecule has 0 bridgehead atoms. The predicted octanol–water partition coefficient (Wildman–Crippen LogP) is 12.6. The van der Waals surface area contributed by atoms with Crippen molar-refractivity contribution in [2.24, 2.45) is 0 Å². The Balaban J connectivity index is 0.00000302. The van der Waals surface area contributed by atoms with Crippen LogP contribution in [0.4, 0.5) is 5.69 Å². The van der Waals surface area contributed by atoms with E-state index in [1.165, 1.54) is 61.7 Å². The average Bonchev–Trinajstić information content (AvgIpc) is 3.63. The van der Waals surface area contributed by atoms with E-state index in [2.05, 4.69) is 120 Å². The third-order valence-corrected chi connectivity index (χ3v) is 14.0. The molecule has 8 nitrogen and oxygen atoms in total. The van der Waals surface area contributed by atoms with Gasteiger partial charge in [0.25, 0.3) is 0 Å². The zero-order valence-corrected chi connectivity index (χ0v) is 39.0. The van der Waals surface area contributed by atoms with Gasteiger partial charge >= 0.3 is 0 Å². The lowest BCUT2D eigenvalue weighted by molar-refractivity contribution is 0.361. The molecule has 0 aliphatic heterocycles. The van der Waals surface area contributed by atoms with E-state index in [1.807, 2.05) is 13.0 Å². The van der Waals surface area contributed by atoms with Crippen molar-refractivity contribution in [3.8, 4) is 69.6 Å². The smallest absolute Gasteiger partial charge is 0.200 e. The molecule has 0 fully saturated rings. The van der Waals surface area contributed by atoms with Crippen molar-refractivity contribution in [3.63, 3.8) is 0 Å². The summed E-state index contributed by atoms with van der Waals surface area (Å²) < 4.78 is 0. The van der Waals surface area contributed by atoms with Crippen molar-refractivity contribution in [2.45, 2.75) is 118 Å². The number of anilines is 1. The third-order valence-electron chi connectivity index (χ3n) is 14.0. The van der Waals surface area contributed by atoms with Gasteiger partial charge in [0.15, 0.2) is 23.0 Å². The average molecular weight is 859 g/mol. The molecule has 0 saturated carbocycles. The van der Waals surface area contributed by atoms with Gasteiger partial charge in [0.2, 0.25) is 5.75 Å². The normalized spacial score (nSPS) is 16.3. The minimum atomic E-state index is -0.799. The van der Waals surface area contributed by atoms with Crippen LogP contribution in [0.2, 0.25) is 0 Å². The molecule has 2 atom stereocenters. The first-order valence-electron chi connectivity index (χ1n) is 22.1. The summed E-state index contributed by atoms with van der Waals surface area (Å²) in [5, 5.41) is 73.6. The Kier molecular flexibility index (Phi) is 11.7. The van der Waals surface area contributed by atoms with Crippen LogP contribution in [-0.2, 0) is 17.3 Å². The van der Waals surface area contributed by atoms with Crippen LogP contribution in [-0.4, -0.2) is 36.8 Å². The van der Waals surface area contributed by atoms with E-state index in [0.717, 1.165) is 29.7 Å². The van der Waals surface area contributed by atoms with Gasteiger partial charge in [-0.15, -0.1) is 12.8 Å². The van der Waals surface area contributed by atoms with Crippen molar-refractivity contribution < 1.29 is 30.6 Å². The van der Waals surface area contributed by atoms with E-state index < -0.39 is 29.5 Å². The number of nitrogens with one attached hydrogen (secondary N) is 2. The lowest BCUT2D eigenvalue weighted by atomic mass is 9.75. The summed E-state index contributed by atoms with van der Waals surface area (Å²) in [5.74, 6) is -2.37. The Hall–Kier alpha value is -6.56. The second-order valence-corrected chi connectivity index (χ2v) is 18.8. The molecule has 64 heavy (non-hydrogen) atoms. The van der Waals surface area contributed by atoms with Crippen LogP contribution in [0.25, 0.3) is 33.4 Å². The number of aromatic hydroxyl groups is 6. The van der Waals surface area contributed by atoms with Gasteiger partial charge in [0.05, 0.1) is 17.9 Å². The number of benzene rings is 5. The fourth-order valence-electron chi connectivity index (χ4n) is 11.1. The molecule has 8 rings (SSSR count). The predicted molar refractivity (Wildman–Crippen MR) is 262 cm³/mol. The van der Waals surface area contributed by atoms with E-state index in [9.17, 15) is 30.6 Å². The van der Waals surface area contributed by atoms with E-state index in [-0.39, 0.29) is 40.1 Å². The van der Waals surface area contributed by atoms with Gasteiger partial charge in [0, 0.05) is 44.2 Å². The molecule has 0 aromatic heterocycles. The maximum atomic E-state index is 11.5. The molecule has 0 spiro atoms. The van der Waals surface area contributed by atoms with E-state index in [1.54, 1.807) is 27.7 Å². The number of fused-ring (bicyclic) bond motifs is 7. The number of aryl methyl sites for hydroxylation is 2. The summed E-state index contributed by atoms with van der Waals surface area (Å²) in [6, 6.07) is 16.4. The van der Waals surface area contributed by atoms with Crippen molar-refractivity contribution >= 4 is 16.8 Å². The Labute approximate surface area is 378 Å². The summed E-state index contributed by atoms with van der Waals surface area (Å²) >= 11 is 0. The van der Waals surface area contributed by atoms with Crippen LogP contribution in [0.1, 0.15) is 135 Å². The molecule has 3 aliphatic rings. The first-order valence-corrected chi connectivity index (χ1v) is 22.1. The van der Waals surface area contributed by atoms with Crippen LogP contribution in [0.3, 0.4) is 0 Å². The van der Waals surface area contributed by atoms with Gasteiger partial charge < -0.3 is 36.0 Å². The number of rotatable bonds is 9. The molecule has 2 unspecified atom stereocenters. The van der Waals surface area contributed by atoms with Gasteiger partial charge in [0.1, 0.15) is 5.75 Å². The van der Waals surface area contributed by atoms with Crippen molar-refractivity contribution in [1.82, 2.24) is 5.32 Å². The molecular formula is C56H62N2O6. The second kappa shape index (κ2) is 16.5. The molecule has 3 aliphatic carbocycles. The zero-order valence-electron chi connectivity index (χ0n) is 39.0. The van der Waals surface area contributed by atoms with Crippen molar-refractivity contribution in [1.29, 1.82) is 0 Å². The van der Waals surface area contributed by atoms with Crippen molar-refractivity contribution in [2.75, 3.05) is 5.32 Å². The van der Waals surface area contributed by atoms with Crippen LogP contribution in [0.5, 0.6) is 34.5 Å². The summed E-state index contributed by atoms with van der Waals surface area (Å²) in [6.45, 7) is 22.8. The highest BCUT2D eigenvalue weighted by molar-refractivity contribution is 6.02. The Bertz CT molecular complexity index is 2870. The lowest BCUT2D eigenvalue weighted by Crippen LogP contribution is -2.36. The SMILES string of the molecule is C#C.CCc1c(O)c(O)c(C)c(/C(C)=C/C(NC(C)Nc2c(C3=C(C)CCC=C3)ccc3c2-c2cc(C)c4c(c2C3(C)C)-c2ccccc2C4(C)C)c2c(C)cc(O)c(O)c2O)c1O. The van der Waals surface area contributed by atoms with Crippen LogP contribution in [0, 0.1) is 33.6 Å². The minimum Gasteiger partial charge on any atom is -0.507 e. The molecule has 0 radical (unpaired) electrons. The summed E-state index contributed by atoms with van der Waals surface area (Å²) in [6.07, 6.45) is 16.1. The molecular weight excluding hydrogens is 797 g/mol. The highest BCUT2D eigenvalue weighted by Gasteiger charge is 2.46. The standard InChI is InChI=1S/C54H60N2O6.C2H2/c1-12-32-49(59)41(30(6)48(58)50(32)60)27(3)24-39(42-28(4)25-40(57)51(61)52(42)62)55-31(7)56-47-34(33-18-14-13-17-26(33)2)21-22-38-43(47)36-23-29(5)45-44(46(36)54(38,10)11)35-19-15-16-20-37(35)53(45,8)9;1-2/h14-16,18-25,31,39,55-62H,12-13,17H2,1-11H3;1-2H/b27-24+;. The Morgan fingerprint density at radius 2 is 1.42 bits per heavy atom. The number of hydrogen-bond donors (Lipinski definition) is 8. The molecule has 332 valence electrons. The quantitative estimate of drug-likeness (QED) is 0.0317. The molecule has 5 aromatic carbocycles. The minimum absolute atomic E-state index is 0.142. The number of terminal acetylenes is 1. The molecule has 8 heteroatoms.